The first-order valence-electron chi connectivity index (χ1n) is 8.57. The van der Waals surface area contributed by atoms with E-state index < -0.39 is 0 Å². The summed E-state index contributed by atoms with van der Waals surface area (Å²) in [5, 5.41) is 3.01. The van der Waals surface area contributed by atoms with E-state index >= 15 is 0 Å². The molecule has 0 bridgehead atoms. The zero-order valence-electron chi connectivity index (χ0n) is 14.2. The minimum Gasteiger partial charge on any atom is -0.289 e. The Hall–Kier alpha value is -2.90. The van der Waals surface area contributed by atoms with E-state index in [2.05, 4.69) is 36.4 Å². The first-order valence-corrected chi connectivity index (χ1v) is 8.95. The summed E-state index contributed by atoms with van der Waals surface area (Å²) in [5.74, 6) is 0.00309. The Balaban J connectivity index is 1.75. The van der Waals surface area contributed by atoms with Crippen molar-refractivity contribution in [3.8, 4) is 0 Å². The molecule has 0 heterocycles. The molecular formula is C24H17ClO. The smallest absolute Gasteiger partial charge is 0.193 e. The molecule has 2 heteroatoms. The van der Waals surface area contributed by atoms with Crippen LogP contribution in [0.5, 0.6) is 0 Å². The van der Waals surface area contributed by atoms with Gasteiger partial charge < -0.3 is 0 Å². The van der Waals surface area contributed by atoms with Gasteiger partial charge in [0.25, 0.3) is 0 Å². The minimum atomic E-state index is 0.00309. The summed E-state index contributed by atoms with van der Waals surface area (Å²) in [5.41, 5.74) is 3.58. The van der Waals surface area contributed by atoms with E-state index in [1.165, 1.54) is 16.3 Å². The SMILES string of the molecule is O=C(c1cccc(Cl)c1)c1ccccc1Cc1cccc2ccccc12. The number of ketones is 1. The molecule has 0 aliphatic heterocycles. The summed E-state index contributed by atoms with van der Waals surface area (Å²) in [6.45, 7) is 0. The van der Waals surface area contributed by atoms with E-state index in [1.807, 2.05) is 42.5 Å². The second-order valence-electron chi connectivity index (χ2n) is 6.31. The fourth-order valence-electron chi connectivity index (χ4n) is 3.33. The highest BCUT2D eigenvalue weighted by Gasteiger charge is 2.14. The van der Waals surface area contributed by atoms with Crippen molar-refractivity contribution in [1.82, 2.24) is 0 Å². The molecule has 0 saturated heterocycles. The zero-order chi connectivity index (χ0) is 17.9. The lowest BCUT2D eigenvalue weighted by Crippen LogP contribution is -2.06. The van der Waals surface area contributed by atoms with E-state index in [1.54, 1.807) is 12.1 Å². The van der Waals surface area contributed by atoms with Crippen LogP contribution in [0.2, 0.25) is 5.02 Å². The predicted octanol–water partition coefficient (Wildman–Crippen LogP) is 6.32. The molecule has 0 fully saturated rings. The van der Waals surface area contributed by atoms with Crippen LogP contribution in [-0.2, 0) is 6.42 Å². The molecule has 0 aliphatic carbocycles. The molecule has 0 amide bonds. The maximum Gasteiger partial charge on any atom is 0.193 e. The standard InChI is InChI=1S/C24H17ClO/c25-21-12-6-11-20(16-21)24(26)23-14-4-2-8-19(23)15-18-10-5-9-17-7-1-3-13-22(17)18/h1-14,16H,15H2. The van der Waals surface area contributed by atoms with E-state index in [0.29, 0.717) is 17.0 Å². The number of hydrogen-bond acceptors (Lipinski definition) is 1. The van der Waals surface area contributed by atoms with Crippen molar-refractivity contribution in [3.05, 3.63) is 118 Å². The average Bonchev–Trinajstić information content (AvgIpc) is 2.68. The fraction of sp³-hybridized carbons (Fsp3) is 0.0417. The van der Waals surface area contributed by atoms with Crippen LogP contribution in [-0.4, -0.2) is 5.78 Å². The first-order chi connectivity index (χ1) is 12.7. The molecule has 126 valence electrons. The van der Waals surface area contributed by atoms with E-state index in [4.69, 9.17) is 11.6 Å². The van der Waals surface area contributed by atoms with Gasteiger partial charge in [0.2, 0.25) is 0 Å². The van der Waals surface area contributed by atoms with Crippen LogP contribution in [0.25, 0.3) is 10.8 Å². The molecule has 0 radical (unpaired) electrons. The Morgan fingerprint density at radius 1 is 0.731 bits per heavy atom. The van der Waals surface area contributed by atoms with Gasteiger partial charge in [-0.2, -0.15) is 0 Å². The molecule has 26 heavy (non-hydrogen) atoms. The van der Waals surface area contributed by atoms with Gasteiger partial charge in [0.1, 0.15) is 0 Å². The van der Waals surface area contributed by atoms with E-state index in [-0.39, 0.29) is 5.78 Å². The Bertz CT molecular complexity index is 1090. The molecule has 0 spiro atoms. The summed E-state index contributed by atoms with van der Waals surface area (Å²) < 4.78 is 0. The second kappa shape index (κ2) is 7.15. The molecule has 0 unspecified atom stereocenters. The summed E-state index contributed by atoms with van der Waals surface area (Å²) in [6.07, 6.45) is 0.712. The zero-order valence-corrected chi connectivity index (χ0v) is 14.9. The van der Waals surface area contributed by atoms with Crippen LogP contribution in [0, 0.1) is 0 Å². The summed E-state index contributed by atoms with van der Waals surface area (Å²) in [4.78, 5) is 13.0. The normalized spacial score (nSPS) is 10.8. The first kappa shape index (κ1) is 16.6. The van der Waals surface area contributed by atoms with Gasteiger partial charge >= 0.3 is 0 Å². The highest BCUT2D eigenvalue weighted by Crippen LogP contribution is 2.24. The number of carbonyl (C=O) groups excluding carboxylic acids is 1. The minimum absolute atomic E-state index is 0.00309. The Morgan fingerprint density at radius 2 is 1.42 bits per heavy atom. The number of rotatable bonds is 4. The van der Waals surface area contributed by atoms with Crippen molar-refractivity contribution in [3.63, 3.8) is 0 Å². The van der Waals surface area contributed by atoms with Crippen LogP contribution in [0.1, 0.15) is 27.0 Å². The fourth-order valence-corrected chi connectivity index (χ4v) is 3.52. The largest absolute Gasteiger partial charge is 0.289 e. The van der Waals surface area contributed by atoms with E-state index in [0.717, 1.165) is 11.1 Å². The molecular weight excluding hydrogens is 340 g/mol. The molecule has 0 N–H and O–H groups in total. The number of hydrogen-bond donors (Lipinski definition) is 0. The lowest BCUT2D eigenvalue weighted by atomic mass is 9.92. The molecule has 0 aromatic heterocycles. The van der Waals surface area contributed by atoms with Crippen molar-refractivity contribution in [1.29, 1.82) is 0 Å². The van der Waals surface area contributed by atoms with Gasteiger partial charge in [-0.05, 0) is 40.5 Å². The maximum absolute atomic E-state index is 13.0. The van der Waals surface area contributed by atoms with Gasteiger partial charge in [-0.1, -0.05) is 90.5 Å². The Kier molecular flexibility index (Phi) is 4.55. The third kappa shape index (κ3) is 3.26. The summed E-state index contributed by atoms with van der Waals surface area (Å²) in [7, 11) is 0. The van der Waals surface area contributed by atoms with Crippen LogP contribution < -0.4 is 0 Å². The van der Waals surface area contributed by atoms with Gasteiger partial charge in [0, 0.05) is 16.1 Å². The molecule has 4 rings (SSSR count). The highest BCUT2D eigenvalue weighted by atomic mass is 35.5. The third-order valence-corrected chi connectivity index (χ3v) is 4.84. The molecule has 1 nitrogen and oxygen atoms in total. The number of halogens is 1. The molecule has 4 aromatic carbocycles. The molecule has 0 aliphatic rings. The van der Waals surface area contributed by atoms with Crippen molar-refractivity contribution in [2.24, 2.45) is 0 Å². The van der Waals surface area contributed by atoms with Gasteiger partial charge in [-0.25, -0.2) is 0 Å². The van der Waals surface area contributed by atoms with Crippen molar-refractivity contribution in [2.75, 3.05) is 0 Å². The van der Waals surface area contributed by atoms with E-state index in [9.17, 15) is 4.79 Å². The molecule has 0 atom stereocenters. The molecule has 0 saturated carbocycles. The number of carbonyl (C=O) groups is 1. The number of benzene rings is 4. The van der Waals surface area contributed by atoms with Gasteiger partial charge in [0.15, 0.2) is 5.78 Å². The third-order valence-electron chi connectivity index (χ3n) is 4.61. The van der Waals surface area contributed by atoms with Crippen molar-refractivity contribution < 1.29 is 4.79 Å². The lowest BCUT2D eigenvalue weighted by molar-refractivity contribution is 0.103. The molecule has 4 aromatic rings. The van der Waals surface area contributed by atoms with Gasteiger partial charge in [0.05, 0.1) is 0 Å². The Morgan fingerprint density at radius 3 is 2.31 bits per heavy atom. The van der Waals surface area contributed by atoms with Crippen molar-refractivity contribution >= 4 is 28.2 Å². The topological polar surface area (TPSA) is 17.1 Å². The van der Waals surface area contributed by atoms with Crippen LogP contribution in [0.15, 0.2) is 91.0 Å². The van der Waals surface area contributed by atoms with Crippen LogP contribution >= 0.6 is 11.6 Å². The average molecular weight is 357 g/mol. The Labute approximate surface area is 157 Å². The van der Waals surface area contributed by atoms with Crippen LogP contribution in [0.4, 0.5) is 0 Å². The lowest BCUT2D eigenvalue weighted by Gasteiger charge is -2.11. The summed E-state index contributed by atoms with van der Waals surface area (Å²) >= 11 is 6.06. The quantitative estimate of drug-likeness (QED) is 0.391. The van der Waals surface area contributed by atoms with Crippen molar-refractivity contribution in [2.45, 2.75) is 6.42 Å². The second-order valence-corrected chi connectivity index (χ2v) is 6.75. The van der Waals surface area contributed by atoms with Gasteiger partial charge in [-0.3, -0.25) is 4.79 Å². The van der Waals surface area contributed by atoms with Crippen LogP contribution in [0.3, 0.4) is 0 Å². The monoisotopic (exact) mass is 356 g/mol. The van der Waals surface area contributed by atoms with Gasteiger partial charge in [-0.15, -0.1) is 0 Å². The highest BCUT2D eigenvalue weighted by molar-refractivity contribution is 6.31. The number of fused-ring (bicyclic) bond motifs is 1. The predicted molar refractivity (Wildman–Crippen MR) is 108 cm³/mol. The summed E-state index contributed by atoms with van der Waals surface area (Å²) in [6, 6.07) is 29.6. The maximum atomic E-state index is 13.0.